The first-order valence-corrected chi connectivity index (χ1v) is 11.4. The quantitative estimate of drug-likeness (QED) is 0.637. The fourth-order valence-electron chi connectivity index (χ4n) is 2.99. The van der Waals surface area contributed by atoms with Crippen LogP contribution in [0, 0.1) is 6.92 Å². The smallest absolute Gasteiger partial charge is 0.424 e. The molecule has 0 saturated heterocycles. The van der Waals surface area contributed by atoms with Gasteiger partial charge in [0.2, 0.25) is 0 Å². The molecule has 2 aromatic rings. The zero-order valence-electron chi connectivity index (χ0n) is 18.2. The molecular formula is C22H31NO6S. The summed E-state index contributed by atoms with van der Waals surface area (Å²) in [6.45, 7) is 8.58. The molecule has 8 heteroatoms. The van der Waals surface area contributed by atoms with Gasteiger partial charge in [0.1, 0.15) is 17.5 Å². The van der Waals surface area contributed by atoms with Crippen molar-refractivity contribution >= 4 is 16.1 Å². The van der Waals surface area contributed by atoms with Gasteiger partial charge in [-0.05, 0) is 78.1 Å². The number of hydrogen-bond acceptors (Lipinski definition) is 6. The molecule has 2 atom stereocenters. The second-order valence-electron chi connectivity index (χ2n) is 8.41. The standard InChI is InChI=1S/C22H31NO6S/c1-16-11-13-18(14-12-16)30(26,27)23(21(25)29-22(3,4)5)17(2)8-6-9-19(24)20-10-7-15-28-20/h7,10-15,17,19,24H,6,8-9H2,1-5H3. The number of rotatable bonds is 8. The summed E-state index contributed by atoms with van der Waals surface area (Å²) in [5, 5.41) is 10.2. The van der Waals surface area contributed by atoms with Gasteiger partial charge in [-0.25, -0.2) is 13.2 Å². The Balaban J connectivity index is 2.19. The van der Waals surface area contributed by atoms with Crippen LogP contribution in [0.4, 0.5) is 4.79 Å². The number of aliphatic hydroxyl groups is 1. The summed E-state index contributed by atoms with van der Waals surface area (Å²) in [6, 6.07) is 9.05. The Hall–Kier alpha value is -2.32. The van der Waals surface area contributed by atoms with Gasteiger partial charge in [0.05, 0.1) is 11.2 Å². The van der Waals surface area contributed by atoms with E-state index in [0.29, 0.717) is 25.0 Å². The van der Waals surface area contributed by atoms with Gasteiger partial charge in [0.25, 0.3) is 10.0 Å². The zero-order valence-corrected chi connectivity index (χ0v) is 19.0. The average molecular weight is 438 g/mol. The van der Waals surface area contributed by atoms with Gasteiger partial charge in [0.15, 0.2) is 0 Å². The largest absolute Gasteiger partial charge is 0.467 e. The van der Waals surface area contributed by atoms with Crippen molar-refractivity contribution in [2.24, 2.45) is 0 Å². The van der Waals surface area contributed by atoms with E-state index in [4.69, 9.17) is 9.15 Å². The van der Waals surface area contributed by atoms with Gasteiger partial charge < -0.3 is 14.3 Å². The van der Waals surface area contributed by atoms with Crippen LogP contribution in [0.15, 0.2) is 52.0 Å². The van der Waals surface area contributed by atoms with Crippen molar-refractivity contribution in [2.75, 3.05) is 0 Å². The first-order valence-electron chi connectivity index (χ1n) is 9.97. The monoisotopic (exact) mass is 437 g/mol. The maximum atomic E-state index is 13.3. The third kappa shape index (κ3) is 6.34. The van der Waals surface area contributed by atoms with E-state index in [1.165, 1.54) is 18.4 Å². The van der Waals surface area contributed by atoms with Crippen LogP contribution in [0.25, 0.3) is 0 Å². The number of nitrogens with zero attached hydrogens (tertiary/aromatic N) is 1. The predicted octanol–water partition coefficient (Wildman–Crippen LogP) is 4.81. The van der Waals surface area contributed by atoms with Crippen LogP contribution >= 0.6 is 0 Å². The molecule has 0 aliphatic rings. The van der Waals surface area contributed by atoms with Crippen LogP contribution in [0.2, 0.25) is 0 Å². The fourth-order valence-corrected chi connectivity index (χ4v) is 4.51. The maximum absolute atomic E-state index is 13.3. The summed E-state index contributed by atoms with van der Waals surface area (Å²) in [7, 11) is -4.10. The minimum atomic E-state index is -4.10. The van der Waals surface area contributed by atoms with Crippen LogP contribution in [0.5, 0.6) is 0 Å². The molecule has 166 valence electrons. The van der Waals surface area contributed by atoms with E-state index in [1.807, 2.05) is 6.92 Å². The van der Waals surface area contributed by atoms with Gasteiger partial charge in [-0.15, -0.1) is 0 Å². The minimum Gasteiger partial charge on any atom is -0.467 e. The van der Waals surface area contributed by atoms with Crippen molar-refractivity contribution in [3.05, 3.63) is 54.0 Å². The first kappa shape index (κ1) is 24.0. The van der Waals surface area contributed by atoms with Crippen LogP contribution < -0.4 is 0 Å². The Labute approximate surface area is 178 Å². The van der Waals surface area contributed by atoms with E-state index >= 15 is 0 Å². The number of aliphatic hydroxyl groups excluding tert-OH is 1. The number of hydrogen-bond donors (Lipinski definition) is 1. The lowest BCUT2D eigenvalue weighted by atomic mass is 10.1. The molecule has 0 spiro atoms. The highest BCUT2D eigenvalue weighted by Gasteiger charge is 2.36. The number of ether oxygens (including phenoxy) is 1. The van der Waals surface area contributed by atoms with Crippen LogP contribution in [-0.4, -0.2) is 35.6 Å². The number of amides is 1. The van der Waals surface area contributed by atoms with E-state index in [0.717, 1.165) is 9.87 Å². The minimum absolute atomic E-state index is 0.0291. The first-order chi connectivity index (χ1) is 13.9. The molecule has 1 aromatic carbocycles. The molecule has 0 radical (unpaired) electrons. The number of carbonyl (C=O) groups is 1. The number of benzene rings is 1. The Bertz CT molecular complexity index is 914. The van der Waals surface area contributed by atoms with Gasteiger partial charge in [-0.3, -0.25) is 0 Å². The topological polar surface area (TPSA) is 97.1 Å². The average Bonchev–Trinajstić information content (AvgIpc) is 3.15. The molecule has 0 saturated carbocycles. The molecule has 0 fully saturated rings. The molecule has 1 aromatic heterocycles. The molecular weight excluding hydrogens is 406 g/mol. The summed E-state index contributed by atoms with van der Waals surface area (Å²) < 4.78 is 37.9. The summed E-state index contributed by atoms with van der Waals surface area (Å²) in [5.41, 5.74) is 0.0746. The van der Waals surface area contributed by atoms with Gasteiger partial charge in [0, 0.05) is 6.04 Å². The number of aryl methyl sites for hydroxylation is 1. The second kappa shape index (κ2) is 9.66. The molecule has 1 N–H and O–H groups in total. The maximum Gasteiger partial charge on any atom is 0.424 e. The molecule has 0 aliphatic heterocycles. The van der Waals surface area contributed by atoms with E-state index < -0.39 is 33.9 Å². The zero-order chi connectivity index (χ0) is 22.5. The second-order valence-corrected chi connectivity index (χ2v) is 10.2. The highest BCUT2D eigenvalue weighted by Crippen LogP contribution is 2.26. The number of sulfonamides is 1. The normalized spacial score (nSPS) is 14.2. The Kier molecular flexibility index (Phi) is 7.71. The van der Waals surface area contributed by atoms with E-state index in [-0.39, 0.29) is 4.90 Å². The van der Waals surface area contributed by atoms with Crippen molar-refractivity contribution in [3.63, 3.8) is 0 Å². The number of carbonyl (C=O) groups excluding carboxylic acids is 1. The van der Waals surface area contributed by atoms with Gasteiger partial charge in [-0.1, -0.05) is 17.7 Å². The molecule has 2 rings (SSSR count). The Morgan fingerprint density at radius 3 is 2.33 bits per heavy atom. The SMILES string of the molecule is Cc1ccc(S(=O)(=O)N(C(=O)OC(C)(C)C)C(C)CCCC(O)c2ccco2)cc1. The number of furan rings is 1. The van der Waals surface area contributed by atoms with Crippen LogP contribution in [-0.2, 0) is 14.8 Å². The molecule has 1 amide bonds. The van der Waals surface area contributed by atoms with Crippen molar-refractivity contribution in [1.29, 1.82) is 0 Å². The van der Waals surface area contributed by atoms with Crippen LogP contribution in [0.1, 0.15) is 64.4 Å². The van der Waals surface area contributed by atoms with Crippen molar-refractivity contribution < 1.29 is 27.5 Å². The molecule has 1 heterocycles. The lowest BCUT2D eigenvalue weighted by molar-refractivity contribution is 0.0339. The molecule has 7 nitrogen and oxygen atoms in total. The van der Waals surface area contributed by atoms with Crippen LogP contribution in [0.3, 0.4) is 0 Å². The summed E-state index contributed by atoms with van der Waals surface area (Å²) >= 11 is 0. The van der Waals surface area contributed by atoms with E-state index in [9.17, 15) is 18.3 Å². The Morgan fingerprint density at radius 2 is 1.80 bits per heavy atom. The summed E-state index contributed by atoms with van der Waals surface area (Å²) in [6.07, 6.45) is 1.02. The third-order valence-electron chi connectivity index (χ3n) is 4.52. The highest BCUT2D eigenvalue weighted by molar-refractivity contribution is 7.89. The molecule has 0 aliphatic carbocycles. The predicted molar refractivity (Wildman–Crippen MR) is 113 cm³/mol. The van der Waals surface area contributed by atoms with E-state index in [2.05, 4.69) is 0 Å². The lowest BCUT2D eigenvalue weighted by Gasteiger charge is -2.31. The molecule has 0 bridgehead atoms. The fraction of sp³-hybridized carbons (Fsp3) is 0.500. The van der Waals surface area contributed by atoms with Crippen molar-refractivity contribution in [1.82, 2.24) is 4.31 Å². The third-order valence-corrected chi connectivity index (χ3v) is 6.42. The molecule has 30 heavy (non-hydrogen) atoms. The highest BCUT2D eigenvalue weighted by atomic mass is 32.2. The van der Waals surface area contributed by atoms with Gasteiger partial charge in [-0.2, -0.15) is 4.31 Å². The summed E-state index contributed by atoms with van der Waals surface area (Å²) in [4.78, 5) is 12.9. The van der Waals surface area contributed by atoms with Crippen molar-refractivity contribution in [3.8, 4) is 0 Å². The van der Waals surface area contributed by atoms with Gasteiger partial charge >= 0.3 is 6.09 Å². The summed E-state index contributed by atoms with van der Waals surface area (Å²) in [5.74, 6) is 0.457. The Morgan fingerprint density at radius 1 is 1.17 bits per heavy atom. The lowest BCUT2D eigenvalue weighted by Crippen LogP contribution is -2.45. The van der Waals surface area contributed by atoms with Crippen molar-refractivity contribution in [2.45, 2.75) is 76.5 Å². The van der Waals surface area contributed by atoms with E-state index in [1.54, 1.807) is 52.0 Å². The molecule has 2 unspecified atom stereocenters.